The lowest BCUT2D eigenvalue weighted by Gasteiger charge is -2.28. The fourth-order valence-corrected chi connectivity index (χ4v) is 7.14. The maximum atomic E-state index is 10.8. The van der Waals surface area contributed by atoms with Crippen LogP contribution in [0.15, 0.2) is 0 Å². The van der Waals surface area contributed by atoms with Gasteiger partial charge in [-0.1, -0.05) is 215 Å². The number of hydrogen-bond acceptors (Lipinski definition) is 5. The molecule has 0 radical (unpaired) electrons. The van der Waals surface area contributed by atoms with E-state index in [0.717, 1.165) is 58.4 Å². The zero-order chi connectivity index (χ0) is 37.9. The molecule has 0 bridgehead atoms. The zero-order valence-corrected chi connectivity index (χ0v) is 36.3. The van der Waals surface area contributed by atoms with Gasteiger partial charge in [-0.25, -0.2) is 0 Å². The first-order valence-electron chi connectivity index (χ1n) is 23.5. The van der Waals surface area contributed by atoms with Gasteiger partial charge in [0, 0.05) is 39.3 Å². The first-order chi connectivity index (χ1) is 25.0. The predicted octanol–water partition coefficient (Wildman–Crippen LogP) is 12.7. The van der Waals surface area contributed by atoms with E-state index in [9.17, 15) is 10.2 Å². The van der Waals surface area contributed by atoms with Crippen molar-refractivity contribution >= 4 is 0 Å². The van der Waals surface area contributed by atoms with E-state index in [4.69, 9.17) is 0 Å². The fourth-order valence-electron chi connectivity index (χ4n) is 7.14. The summed E-state index contributed by atoms with van der Waals surface area (Å²) in [7, 11) is 0. The van der Waals surface area contributed by atoms with Gasteiger partial charge in [0.2, 0.25) is 0 Å². The zero-order valence-electron chi connectivity index (χ0n) is 36.3. The van der Waals surface area contributed by atoms with Crippen LogP contribution in [-0.2, 0) is 0 Å². The van der Waals surface area contributed by atoms with Crippen LogP contribution in [0.3, 0.4) is 0 Å². The van der Waals surface area contributed by atoms with E-state index in [1.807, 2.05) is 0 Å². The molecule has 0 aliphatic carbocycles. The maximum Gasteiger partial charge on any atom is 0.0667 e. The first-order valence-corrected chi connectivity index (χ1v) is 23.5. The van der Waals surface area contributed by atoms with Crippen molar-refractivity contribution < 1.29 is 10.2 Å². The molecule has 310 valence electrons. The molecule has 0 heterocycles. The van der Waals surface area contributed by atoms with Gasteiger partial charge in [0.1, 0.15) is 0 Å². The minimum absolute atomic E-state index is 0.287. The summed E-state index contributed by atoms with van der Waals surface area (Å²) < 4.78 is 0. The summed E-state index contributed by atoms with van der Waals surface area (Å²) in [5.41, 5.74) is 0. The van der Waals surface area contributed by atoms with Crippen LogP contribution in [0.25, 0.3) is 0 Å². The molecule has 0 amide bonds. The molecule has 0 spiro atoms. The molecule has 0 aromatic heterocycles. The van der Waals surface area contributed by atoms with Gasteiger partial charge < -0.3 is 20.4 Å². The lowest BCUT2D eigenvalue weighted by atomic mass is 10.0. The fraction of sp³-hybridized carbons (Fsp3) is 1.00. The van der Waals surface area contributed by atoms with Crippen molar-refractivity contribution in [1.82, 2.24) is 15.1 Å². The number of aliphatic hydroxyl groups is 2. The molecule has 5 heteroatoms. The summed E-state index contributed by atoms with van der Waals surface area (Å²) in [6, 6.07) is 0. The van der Waals surface area contributed by atoms with E-state index < -0.39 is 0 Å². The van der Waals surface area contributed by atoms with Crippen LogP contribution in [0.4, 0.5) is 0 Å². The van der Waals surface area contributed by atoms with E-state index in [2.05, 4.69) is 56.7 Å². The van der Waals surface area contributed by atoms with Crippen LogP contribution >= 0.6 is 0 Å². The van der Waals surface area contributed by atoms with Crippen LogP contribution in [0, 0.1) is 0 Å². The van der Waals surface area contributed by atoms with Crippen LogP contribution in [0.2, 0.25) is 0 Å². The lowest BCUT2D eigenvalue weighted by Crippen LogP contribution is -2.42. The molecule has 0 fully saturated rings. The van der Waals surface area contributed by atoms with Gasteiger partial charge in [-0.15, -0.1) is 0 Å². The number of likely N-dealkylation sites (N-methyl/N-ethyl adjacent to an activating group) is 1. The molecule has 0 saturated heterocycles. The SMILES string of the molecule is CCCCCCCCCCC(O)CN(CCNCCN(CC)CCC)CC(O)CCCCCCCCCC.CCCCCCCCCCCCC. The van der Waals surface area contributed by atoms with Crippen molar-refractivity contribution in [3.05, 3.63) is 0 Å². The molecular formula is C46H99N3O2. The number of rotatable bonds is 41. The van der Waals surface area contributed by atoms with Crippen molar-refractivity contribution in [2.24, 2.45) is 0 Å². The Hall–Kier alpha value is -0.200. The predicted molar refractivity (Wildman–Crippen MR) is 230 cm³/mol. The molecule has 0 aromatic carbocycles. The molecule has 0 saturated carbocycles. The second-order valence-electron chi connectivity index (χ2n) is 16.0. The third-order valence-electron chi connectivity index (χ3n) is 10.6. The van der Waals surface area contributed by atoms with Crippen molar-refractivity contribution in [1.29, 1.82) is 0 Å². The van der Waals surface area contributed by atoms with Crippen LogP contribution in [0.5, 0.6) is 0 Å². The van der Waals surface area contributed by atoms with E-state index in [-0.39, 0.29) is 12.2 Å². The van der Waals surface area contributed by atoms with E-state index in [1.165, 1.54) is 173 Å². The summed E-state index contributed by atoms with van der Waals surface area (Å²) >= 11 is 0. The van der Waals surface area contributed by atoms with Crippen LogP contribution in [-0.4, -0.2) is 84.6 Å². The molecule has 5 nitrogen and oxygen atoms in total. The summed E-state index contributed by atoms with van der Waals surface area (Å²) in [6.07, 6.45) is 39.1. The highest BCUT2D eigenvalue weighted by molar-refractivity contribution is 4.71. The summed E-state index contributed by atoms with van der Waals surface area (Å²) in [4.78, 5) is 4.80. The van der Waals surface area contributed by atoms with Crippen molar-refractivity contribution in [3.8, 4) is 0 Å². The molecule has 3 N–H and O–H groups in total. The van der Waals surface area contributed by atoms with Crippen LogP contribution < -0.4 is 5.32 Å². The van der Waals surface area contributed by atoms with Crippen molar-refractivity contribution in [3.63, 3.8) is 0 Å². The van der Waals surface area contributed by atoms with Crippen LogP contribution in [0.1, 0.15) is 234 Å². The molecule has 0 aliphatic rings. The largest absolute Gasteiger partial charge is 0.392 e. The van der Waals surface area contributed by atoms with E-state index in [0.29, 0.717) is 13.1 Å². The molecule has 0 rings (SSSR count). The lowest BCUT2D eigenvalue weighted by molar-refractivity contribution is 0.0610. The van der Waals surface area contributed by atoms with Gasteiger partial charge in [-0.05, 0) is 32.4 Å². The van der Waals surface area contributed by atoms with Gasteiger partial charge in [-0.2, -0.15) is 0 Å². The van der Waals surface area contributed by atoms with E-state index in [1.54, 1.807) is 0 Å². The van der Waals surface area contributed by atoms with Gasteiger partial charge in [0.15, 0.2) is 0 Å². The minimum atomic E-state index is -0.287. The highest BCUT2D eigenvalue weighted by atomic mass is 16.3. The van der Waals surface area contributed by atoms with Gasteiger partial charge >= 0.3 is 0 Å². The molecule has 0 aliphatic heterocycles. The first kappa shape index (κ1) is 52.9. The Kier molecular flexibility index (Phi) is 47.7. The number of hydrogen-bond donors (Lipinski definition) is 3. The van der Waals surface area contributed by atoms with Gasteiger partial charge in [0.05, 0.1) is 12.2 Å². The number of unbranched alkanes of at least 4 members (excludes halogenated alkanes) is 24. The Balaban J connectivity index is 0. The Labute approximate surface area is 323 Å². The smallest absolute Gasteiger partial charge is 0.0667 e. The van der Waals surface area contributed by atoms with Gasteiger partial charge in [0.25, 0.3) is 0 Å². The number of aliphatic hydroxyl groups excluding tert-OH is 2. The average molecular weight is 726 g/mol. The normalized spacial score (nSPS) is 12.8. The van der Waals surface area contributed by atoms with E-state index >= 15 is 0 Å². The van der Waals surface area contributed by atoms with Crippen molar-refractivity contribution in [2.45, 2.75) is 246 Å². The number of nitrogens with one attached hydrogen (secondary N) is 1. The highest BCUT2D eigenvalue weighted by Crippen LogP contribution is 2.14. The Morgan fingerprint density at radius 1 is 0.353 bits per heavy atom. The molecule has 2 atom stereocenters. The van der Waals surface area contributed by atoms with Crippen molar-refractivity contribution in [2.75, 3.05) is 52.4 Å². The summed E-state index contributed by atoms with van der Waals surface area (Å²) in [6.45, 7) is 21.1. The topological polar surface area (TPSA) is 59.0 Å². The third-order valence-corrected chi connectivity index (χ3v) is 10.6. The second kappa shape index (κ2) is 46.0. The maximum absolute atomic E-state index is 10.8. The standard InChI is InChI=1S/C33H71N3O2.C13H28/c1-5-9-11-13-15-17-19-21-23-32(37)30-36(29-26-34-25-28-35(8-4)27-7-3)31-33(38)24-22-20-18-16-14-12-10-6-2;1-3-5-7-9-11-13-12-10-8-6-4-2/h32-34,37-38H,5-31H2,1-4H3;3-13H2,1-2H3. The number of nitrogens with zero attached hydrogens (tertiary/aromatic N) is 2. The second-order valence-corrected chi connectivity index (χ2v) is 16.0. The van der Waals surface area contributed by atoms with Gasteiger partial charge in [-0.3, -0.25) is 4.90 Å². The Morgan fingerprint density at radius 2 is 0.647 bits per heavy atom. The quantitative estimate of drug-likeness (QED) is 0.0548. The third kappa shape index (κ3) is 44.1. The monoisotopic (exact) mass is 726 g/mol. The molecule has 2 unspecified atom stereocenters. The Morgan fingerprint density at radius 3 is 0.941 bits per heavy atom. The summed E-state index contributed by atoms with van der Waals surface area (Å²) in [5.74, 6) is 0. The minimum Gasteiger partial charge on any atom is -0.392 e. The molecular weight excluding hydrogens is 627 g/mol. The molecule has 51 heavy (non-hydrogen) atoms. The highest BCUT2D eigenvalue weighted by Gasteiger charge is 2.16. The molecule has 0 aromatic rings. The Bertz CT molecular complexity index is 569. The average Bonchev–Trinajstić information content (AvgIpc) is 3.12. The summed E-state index contributed by atoms with van der Waals surface area (Å²) in [5, 5.41) is 25.1.